The smallest absolute Gasteiger partial charge is 0.167 e. The SMILES string of the molecule is C=CC1CN2CCC1CC2[C@H](NC(=S)N[C@H](CO)c1ccccc1)c1ccnc2ccc(OC)cc12. The first-order chi connectivity index (χ1) is 17.6. The summed E-state index contributed by atoms with van der Waals surface area (Å²) in [6.45, 7) is 6.14. The molecule has 0 spiro atoms. The number of aliphatic hydroxyl groups excluding tert-OH is 1. The van der Waals surface area contributed by atoms with Gasteiger partial charge in [0.2, 0.25) is 0 Å². The highest BCUT2D eigenvalue weighted by Gasteiger charge is 2.43. The average Bonchev–Trinajstić information content (AvgIpc) is 2.94. The topological polar surface area (TPSA) is 69.7 Å². The third kappa shape index (κ3) is 4.96. The summed E-state index contributed by atoms with van der Waals surface area (Å²) >= 11 is 5.84. The number of benzene rings is 2. The predicted octanol–water partition coefficient (Wildman–Crippen LogP) is 4.38. The highest BCUT2D eigenvalue weighted by molar-refractivity contribution is 7.80. The molecule has 2 bridgehead atoms. The second kappa shape index (κ2) is 10.9. The maximum absolute atomic E-state index is 10.1. The van der Waals surface area contributed by atoms with Crippen molar-refractivity contribution in [3.63, 3.8) is 0 Å². The minimum absolute atomic E-state index is 0.0497. The summed E-state index contributed by atoms with van der Waals surface area (Å²) in [6, 6.07) is 18.0. The van der Waals surface area contributed by atoms with Gasteiger partial charge in [-0.3, -0.25) is 9.88 Å². The molecule has 6 nitrogen and oxygen atoms in total. The molecule has 4 unspecified atom stereocenters. The van der Waals surface area contributed by atoms with Crippen LogP contribution in [0.4, 0.5) is 0 Å². The van der Waals surface area contributed by atoms with E-state index in [0.717, 1.165) is 47.3 Å². The fourth-order valence-corrected chi connectivity index (χ4v) is 6.18. The summed E-state index contributed by atoms with van der Waals surface area (Å²) in [6.07, 6.45) is 6.28. The van der Waals surface area contributed by atoms with Crippen LogP contribution in [0.1, 0.15) is 36.1 Å². The minimum atomic E-state index is -0.283. The van der Waals surface area contributed by atoms with Crippen LogP contribution in [0, 0.1) is 11.8 Å². The van der Waals surface area contributed by atoms with E-state index in [4.69, 9.17) is 17.0 Å². The molecule has 0 saturated carbocycles. The first-order valence-corrected chi connectivity index (χ1v) is 13.0. The summed E-state index contributed by atoms with van der Waals surface area (Å²) in [7, 11) is 1.69. The number of rotatable bonds is 8. The highest BCUT2D eigenvalue weighted by atomic mass is 32.1. The van der Waals surface area contributed by atoms with Gasteiger partial charge in [0.25, 0.3) is 0 Å². The van der Waals surface area contributed by atoms with Gasteiger partial charge < -0.3 is 20.5 Å². The van der Waals surface area contributed by atoms with Crippen LogP contribution in [0.3, 0.4) is 0 Å². The number of hydrogen-bond acceptors (Lipinski definition) is 5. The molecule has 7 heteroatoms. The maximum Gasteiger partial charge on any atom is 0.167 e. The van der Waals surface area contributed by atoms with Gasteiger partial charge in [-0.25, -0.2) is 0 Å². The van der Waals surface area contributed by atoms with Crippen LogP contribution < -0.4 is 15.4 Å². The molecule has 3 N–H and O–H groups in total. The molecule has 6 rings (SSSR count). The molecular formula is C29H34N4O2S. The van der Waals surface area contributed by atoms with Gasteiger partial charge in [0.15, 0.2) is 5.11 Å². The quantitative estimate of drug-likeness (QED) is 0.312. The van der Waals surface area contributed by atoms with Gasteiger partial charge in [-0.2, -0.15) is 0 Å². The number of ether oxygens (including phenoxy) is 1. The van der Waals surface area contributed by atoms with Crippen molar-refractivity contribution in [2.45, 2.75) is 31.0 Å². The van der Waals surface area contributed by atoms with Crippen molar-refractivity contribution in [1.29, 1.82) is 0 Å². The second-order valence-corrected chi connectivity index (χ2v) is 10.2. The average molecular weight is 503 g/mol. The molecule has 188 valence electrons. The summed E-state index contributed by atoms with van der Waals surface area (Å²) in [5.41, 5.74) is 3.07. The van der Waals surface area contributed by atoms with Crippen LogP contribution in [-0.2, 0) is 0 Å². The maximum atomic E-state index is 10.1. The molecule has 3 aromatic rings. The van der Waals surface area contributed by atoms with Gasteiger partial charge in [0.05, 0.1) is 31.3 Å². The first-order valence-electron chi connectivity index (χ1n) is 12.6. The van der Waals surface area contributed by atoms with Gasteiger partial charge in [-0.15, -0.1) is 6.58 Å². The number of nitrogens with zero attached hydrogens (tertiary/aromatic N) is 2. The summed E-state index contributed by atoms with van der Waals surface area (Å²) in [5.74, 6) is 1.96. The van der Waals surface area contributed by atoms with E-state index in [0.29, 0.717) is 16.9 Å². The fourth-order valence-electron chi connectivity index (χ4n) is 5.91. The molecule has 1 aromatic heterocycles. The zero-order valence-corrected chi connectivity index (χ0v) is 21.5. The van der Waals surface area contributed by atoms with E-state index in [1.165, 1.54) is 6.42 Å². The van der Waals surface area contributed by atoms with E-state index in [9.17, 15) is 5.11 Å². The molecule has 0 amide bonds. The van der Waals surface area contributed by atoms with Gasteiger partial charge in [0, 0.05) is 24.2 Å². The lowest BCUT2D eigenvalue weighted by Crippen LogP contribution is -2.58. The second-order valence-electron chi connectivity index (χ2n) is 9.77. The lowest BCUT2D eigenvalue weighted by molar-refractivity contribution is 0.00425. The van der Waals surface area contributed by atoms with E-state index in [1.807, 2.05) is 48.7 Å². The summed E-state index contributed by atoms with van der Waals surface area (Å²) in [4.78, 5) is 7.19. The summed E-state index contributed by atoms with van der Waals surface area (Å²) in [5, 5.41) is 18.7. The normalized spacial score (nSPS) is 24.6. The Balaban J connectivity index is 1.48. The number of thiocarbonyl (C=S) groups is 1. The van der Waals surface area contributed by atoms with Gasteiger partial charge in [-0.1, -0.05) is 36.4 Å². The Morgan fingerprint density at radius 1 is 1.25 bits per heavy atom. The Hall–Kier alpha value is -3.00. The van der Waals surface area contributed by atoms with Crippen molar-refractivity contribution < 1.29 is 9.84 Å². The van der Waals surface area contributed by atoms with Crippen molar-refractivity contribution >= 4 is 28.2 Å². The highest BCUT2D eigenvalue weighted by Crippen LogP contribution is 2.42. The monoisotopic (exact) mass is 502 g/mol. The lowest BCUT2D eigenvalue weighted by atomic mass is 9.73. The molecule has 36 heavy (non-hydrogen) atoms. The number of piperidine rings is 3. The third-order valence-corrected chi connectivity index (χ3v) is 8.07. The van der Waals surface area contributed by atoms with E-state index < -0.39 is 0 Å². The Labute approximate surface area is 218 Å². The van der Waals surface area contributed by atoms with Gasteiger partial charge >= 0.3 is 0 Å². The Morgan fingerprint density at radius 3 is 2.78 bits per heavy atom. The number of nitrogens with one attached hydrogen (secondary N) is 2. The van der Waals surface area contributed by atoms with E-state index >= 15 is 0 Å². The third-order valence-electron chi connectivity index (χ3n) is 7.83. The molecule has 6 atom stereocenters. The number of aliphatic hydroxyl groups is 1. The number of hydrogen-bond donors (Lipinski definition) is 3. The Bertz CT molecular complexity index is 1220. The van der Waals surface area contributed by atoms with Crippen molar-refractivity contribution in [2.75, 3.05) is 26.8 Å². The Morgan fingerprint density at radius 2 is 2.08 bits per heavy atom. The molecule has 3 saturated heterocycles. The molecule has 3 aliphatic rings. The molecule has 2 aromatic carbocycles. The van der Waals surface area contributed by atoms with Crippen molar-refractivity contribution in [3.8, 4) is 5.75 Å². The van der Waals surface area contributed by atoms with Crippen LogP contribution >= 0.6 is 12.2 Å². The standard InChI is InChI=1S/C29H34N4O2S/c1-3-19-17-33-14-12-21(19)15-27(33)28(23-11-13-30-25-10-9-22(35-2)16-24(23)25)32-29(36)31-26(18-34)20-7-5-4-6-8-20/h3-11,13,16,19,21,26-28,34H,1,12,14-15,17-18H2,2H3,(H2,31,32,36)/t19?,21?,26-,27?,28-/m1/s1. The van der Waals surface area contributed by atoms with Crippen LogP contribution in [0.5, 0.6) is 5.75 Å². The zero-order chi connectivity index (χ0) is 25.1. The number of methoxy groups -OCH3 is 1. The number of aromatic nitrogens is 1. The molecule has 0 aliphatic carbocycles. The van der Waals surface area contributed by atoms with Crippen molar-refractivity contribution in [1.82, 2.24) is 20.5 Å². The summed E-state index contributed by atoms with van der Waals surface area (Å²) < 4.78 is 5.54. The van der Waals surface area contributed by atoms with Gasteiger partial charge in [-0.05, 0) is 78.8 Å². The van der Waals surface area contributed by atoms with Crippen LogP contribution in [0.2, 0.25) is 0 Å². The number of fused-ring (bicyclic) bond motifs is 4. The number of pyridine rings is 1. The predicted molar refractivity (Wildman–Crippen MR) is 148 cm³/mol. The molecular weight excluding hydrogens is 468 g/mol. The first kappa shape index (κ1) is 24.7. The van der Waals surface area contributed by atoms with E-state index in [2.05, 4.69) is 45.3 Å². The molecule has 3 fully saturated rings. The fraction of sp³-hybridized carbons (Fsp3) is 0.379. The molecule has 3 aliphatic heterocycles. The van der Waals surface area contributed by atoms with Crippen LogP contribution in [0.25, 0.3) is 10.9 Å². The van der Waals surface area contributed by atoms with Crippen molar-refractivity contribution in [2.24, 2.45) is 11.8 Å². The van der Waals surface area contributed by atoms with Crippen molar-refractivity contribution in [3.05, 3.63) is 84.6 Å². The van der Waals surface area contributed by atoms with Gasteiger partial charge in [0.1, 0.15) is 5.75 Å². The largest absolute Gasteiger partial charge is 0.497 e. The minimum Gasteiger partial charge on any atom is -0.497 e. The van der Waals surface area contributed by atoms with Crippen LogP contribution in [0.15, 0.2) is 73.4 Å². The van der Waals surface area contributed by atoms with E-state index in [-0.39, 0.29) is 24.7 Å². The lowest BCUT2D eigenvalue weighted by Gasteiger charge is -2.52. The molecule has 0 radical (unpaired) electrons. The van der Waals surface area contributed by atoms with Crippen LogP contribution in [-0.4, -0.2) is 53.0 Å². The van der Waals surface area contributed by atoms with E-state index in [1.54, 1.807) is 7.11 Å². The molecule has 4 heterocycles. The zero-order valence-electron chi connectivity index (χ0n) is 20.6. The Kier molecular flexibility index (Phi) is 7.51.